The van der Waals surface area contributed by atoms with Crippen LogP contribution in [0.5, 0.6) is 0 Å². The van der Waals surface area contributed by atoms with Gasteiger partial charge in [0.05, 0.1) is 33.0 Å². The molecule has 0 aliphatic carbocycles. The fraction of sp³-hybridized carbons (Fsp3) is 1.00. The van der Waals surface area contributed by atoms with Crippen molar-refractivity contribution in [1.82, 2.24) is 5.32 Å². The molecule has 14 heavy (non-hydrogen) atoms. The summed E-state index contributed by atoms with van der Waals surface area (Å²) in [6.45, 7) is 7.21. The molecule has 0 spiro atoms. The first kappa shape index (κ1) is 13.8. The second-order valence-electron chi connectivity index (χ2n) is 2.94. The predicted octanol–water partition coefficient (Wildman–Crippen LogP) is 0.912. The molecule has 0 heterocycles. The zero-order valence-electron chi connectivity index (χ0n) is 9.38. The number of likely N-dealkylation sites (N-methyl/N-ethyl adjacent to an activating group) is 1. The zero-order valence-corrected chi connectivity index (χ0v) is 9.38. The van der Waals surface area contributed by atoms with Crippen LogP contribution in [-0.2, 0) is 14.2 Å². The summed E-state index contributed by atoms with van der Waals surface area (Å²) in [6.07, 6.45) is 1.06. The molecule has 0 bridgehead atoms. The summed E-state index contributed by atoms with van der Waals surface area (Å²) in [5.74, 6) is 0. The van der Waals surface area contributed by atoms with Crippen LogP contribution in [0.15, 0.2) is 0 Å². The number of hydrogen-bond donors (Lipinski definition) is 1. The molecule has 0 amide bonds. The topological polar surface area (TPSA) is 39.7 Å². The van der Waals surface area contributed by atoms with Gasteiger partial charge in [0.25, 0.3) is 0 Å². The molecule has 88 valence electrons. The Labute approximate surface area is 88.4 Å². The molecule has 0 saturated heterocycles. The number of ether oxygens (including phenoxy) is 3. The molecule has 0 aliphatic rings. The molecule has 0 saturated carbocycles. The van der Waals surface area contributed by atoms with Crippen LogP contribution in [0, 0.1) is 0 Å². The molecule has 0 unspecified atom stereocenters. The Kier molecular flexibility index (Phi) is 12.7. The highest BCUT2D eigenvalue weighted by atomic mass is 16.5. The van der Waals surface area contributed by atoms with Crippen LogP contribution in [0.3, 0.4) is 0 Å². The van der Waals surface area contributed by atoms with E-state index >= 15 is 0 Å². The molecular weight excluding hydrogens is 182 g/mol. The highest BCUT2D eigenvalue weighted by Gasteiger charge is 1.90. The molecule has 0 radical (unpaired) electrons. The summed E-state index contributed by atoms with van der Waals surface area (Å²) in [7, 11) is 1.91. The van der Waals surface area contributed by atoms with Crippen molar-refractivity contribution in [3.63, 3.8) is 0 Å². The van der Waals surface area contributed by atoms with Gasteiger partial charge in [-0.1, -0.05) is 6.92 Å². The van der Waals surface area contributed by atoms with Gasteiger partial charge in [0.15, 0.2) is 0 Å². The molecule has 0 aliphatic heterocycles. The summed E-state index contributed by atoms with van der Waals surface area (Å²) < 4.78 is 15.8. The number of nitrogens with one attached hydrogen (secondary N) is 1. The minimum Gasteiger partial charge on any atom is -0.379 e. The summed E-state index contributed by atoms with van der Waals surface area (Å²) in [5, 5.41) is 3.01. The number of rotatable bonds is 11. The fourth-order valence-electron chi connectivity index (χ4n) is 0.860. The van der Waals surface area contributed by atoms with E-state index in [1.807, 2.05) is 7.05 Å². The van der Waals surface area contributed by atoms with Crippen LogP contribution >= 0.6 is 0 Å². The quantitative estimate of drug-likeness (QED) is 0.511. The lowest BCUT2D eigenvalue weighted by atomic mass is 10.5. The van der Waals surface area contributed by atoms with Crippen LogP contribution in [0.1, 0.15) is 14.8 Å². The van der Waals surface area contributed by atoms with E-state index < -0.39 is 0 Å². The van der Waals surface area contributed by atoms with E-state index in [0.29, 0.717) is 26.4 Å². The second kappa shape index (κ2) is 12.8. The maximum absolute atomic E-state index is 5.29. The van der Waals surface area contributed by atoms with Crippen LogP contribution in [0.2, 0.25) is 0 Å². The molecule has 0 atom stereocenters. The largest absolute Gasteiger partial charge is 0.379 e. The maximum atomic E-state index is 5.29. The van der Waals surface area contributed by atoms with Crippen molar-refractivity contribution < 1.29 is 15.6 Å². The van der Waals surface area contributed by atoms with Crippen molar-refractivity contribution >= 4 is 0 Å². The van der Waals surface area contributed by atoms with Crippen molar-refractivity contribution in [1.29, 1.82) is 0 Å². The summed E-state index contributed by atoms with van der Waals surface area (Å²) in [4.78, 5) is 0. The van der Waals surface area contributed by atoms with E-state index in [4.69, 9.17) is 14.2 Å². The molecule has 0 aromatic rings. The minimum absolute atomic E-state index is 0. The lowest BCUT2D eigenvalue weighted by Gasteiger charge is -2.05. The van der Waals surface area contributed by atoms with E-state index in [2.05, 4.69) is 12.2 Å². The third-order valence-corrected chi connectivity index (χ3v) is 1.59. The molecule has 4 nitrogen and oxygen atoms in total. The Bertz CT molecular complexity index is 94.7. The first-order valence-corrected chi connectivity index (χ1v) is 5.29. The SMILES string of the molecule is CCCOCCOCCOCCNC.[HH]. The Morgan fingerprint density at radius 1 is 0.857 bits per heavy atom. The molecule has 0 aromatic carbocycles. The van der Waals surface area contributed by atoms with Crippen molar-refractivity contribution in [3.8, 4) is 0 Å². The summed E-state index contributed by atoms with van der Waals surface area (Å²) in [5.41, 5.74) is 0. The van der Waals surface area contributed by atoms with Crippen LogP contribution in [0.25, 0.3) is 0 Å². The van der Waals surface area contributed by atoms with E-state index in [9.17, 15) is 0 Å². The van der Waals surface area contributed by atoms with Gasteiger partial charge in [-0.3, -0.25) is 0 Å². The lowest BCUT2D eigenvalue weighted by Crippen LogP contribution is -2.16. The molecule has 0 rings (SSSR count). The lowest BCUT2D eigenvalue weighted by molar-refractivity contribution is 0.0154. The monoisotopic (exact) mass is 207 g/mol. The highest BCUT2D eigenvalue weighted by molar-refractivity contribution is 4.36. The van der Waals surface area contributed by atoms with Crippen LogP contribution < -0.4 is 5.32 Å². The van der Waals surface area contributed by atoms with Crippen molar-refractivity contribution in [2.75, 3.05) is 53.2 Å². The van der Waals surface area contributed by atoms with E-state index in [-0.39, 0.29) is 1.43 Å². The smallest absolute Gasteiger partial charge is 0.0701 e. The first-order valence-electron chi connectivity index (χ1n) is 5.29. The van der Waals surface area contributed by atoms with E-state index in [0.717, 1.165) is 26.2 Å². The zero-order chi connectivity index (χ0) is 10.5. The van der Waals surface area contributed by atoms with Crippen LogP contribution in [0.4, 0.5) is 0 Å². The second-order valence-corrected chi connectivity index (χ2v) is 2.94. The van der Waals surface area contributed by atoms with E-state index in [1.54, 1.807) is 0 Å². The Balaban J connectivity index is 0. The molecule has 0 aromatic heterocycles. The molecule has 0 fully saturated rings. The molecular formula is C10H25NO3. The van der Waals surface area contributed by atoms with Gasteiger partial charge >= 0.3 is 0 Å². The minimum atomic E-state index is 0. The molecule has 1 N–H and O–H groups in total. The van der Waals surface area contributed by atoms with Gasteiger partial charge in [0.1, 0.15) is 0 Å². The average molecular weight is 207 g/mol. The number of hydrogen-bond acceptors (Lipinski definition) is 4. The van der Waals surface area contributed by atoms with Gasteiger partial charge in [-0.2, -0.15) is 0 Å². The molecule has 4 heteroatoms. The normalized spacial score (nSPS) is 10.7. The van der Waals surface area contributed by atoms with E-state index in [1.165, 1.54) is 0 Å². The Morgan fingerprint density at radius 2 is 1.36 bits per heavy atom. The van der Waals surface area contributed by atoms with Gasteiger partial charge in [0.2, 0.25) is 0 Å². The van der Waals surface area contributed by atoms with Gasteiger partial charge < -0.3 is 19.5 Å². The average Bonchev–Trinajstić information content (AvgIpc) is 2.21. The van der Waals surface area contributed by atoms with Crippen molar-refractivity contribution in [2.24, 2.45) is 0 Å². The summed E-state index contributed by atoms with van der Waals surface area (Å²) in [6, 6.07) is 0. The van der Waals surface area contributed by atoms with Crippen LogP contribution in [-0.4, -0.2) is 53.2 Å². The van der Waals surface area contributed by atoms with Gasteiger partial charge in [-0.15, -0.1) is 0 Å². The predicted molar refractivity (Wildman–Crippen MR) is 58.8 cm³/mol. The van der Waals surface area contributed by atoms with Crippen molar-refractivity contribution in [2.45, 2.75) is 13.3 Å². The van der Waals surface area contributed by atoms with Gasteiger partial charge in [0, 0.05) is 14.6 Å². The van der Waals surface area contributed by atoms with Gasteiger partial charge in [-0.25, -0.2) is 0 Å². The third kappa shape index (κ3) is 11.8. The fourth-order valence-corrected chi connectivity index (χ4v) is 0.860. The Hall–Kier alpha value is -0.160. The highest BCUT2D eigenvalue weighted by Crippen LogP contribution is 1.82. The maximum Gasteiger partial charge on any atom is 0.0701 e. The van der Waals surface area contributed by atoms with Crippen molar-refractivity contribution in [3.05, 3.63) is 0 Å². The summed E-state index contributed by atoms with van der Waals surface area (Å²) >= 11 is 0. The Morgan fingerprint density at radius 3 is 1.86 bits per heavy atom. The first-order chi connectivity index (χ1) is 6.91. The third-order valence-electron chi connectivity index (χ3n) is 1.59. The standard InChI is InChI=1S/C10H23NO3.H2/c1-3-5-12-7-9-14-10-8-13-6-4-11-2;/h11H,3-10H2,1-2H3;1H. The van der Waals surface area contributed by atoms with Gasteiger partial charge in [-0.05, 0) is 13.5 Å².